The fraction of sp³-hybridized carbons (Fsp3) is 0.174. The van der Waals surface area contributed by atoms with Crippen molar-refractivity contribution in [3.8, 4) is 5.75 Å². The second kappa shape index (κ2) is 9.65. The van der Waals surface area contributed by atoms with Crippen LogP contribution in [0.2, 0.25) is 0 Å². The standard InChI is InChI=1S/C23H21FN2O4/c1-15(30-20-10-8-19(24)9-11-20)23(29)26-25-22(28)13-12-21(27)18-7-6-16-4-2-3-5-17(16)14-18/h2-11,14-15H,12-13H2,1H3,(H,25,28)(H,26,29)/t15-/m1/s1. The van der Waals surface area contributed by atoms with E-state index in [1.54, 1.807) is 12.1 Å². The predicted molar refractivity (Wildman–Crippen MR) is 110 cm³/mol. The maximum Gasteiger partial charge on any atom is 0.279 e. The topological polar surface area (TPSA) is 84.5 Å². The number of ketones is 1. The Morgan fingerprint density at radius 3 is 2.33 bits per heavy atom. The van der Waals surface area contributed by atoms with Gasteiger partial charge in [-0.25, -0.2) is 4.39 Å². The first-order chi connectivity index (χ1) is 14.4. The molecule has 30 heavy (non-hydrogen) atoms. The highest BCUT2D eigenvalue weighted by molar-refractivity contribution is 6.01. The number of halogens is 1. The van der Waals surface area contributed by atoms with Gasteiger partial charge in [0.1, 0.15) is 11.6 Å². The summed E-state index contributed by atoms with van der Waals surface area (Å²) >= 11 is 0. The minimum absolute atomic E-state index is 0.0156. The third kappa shape index (κ3) is 5.64. The minimum Gasteiger partial charge on any atom is -0.481 e. The quantitative estimate of drug-likeness (QED) is 0.463. The molecule has 0 aliphatic rings. The normalized spacial score (nSPS) is 11.5. The number of carbonyl (C=O) groups excluding carboxylic acids is 3. The number of hydrogen-bond donors (Lipinski definition) is 2. The van der Waals surface area contributed by atoms with Gasteiger partial charge >= 0.3 is 0 Å². The molecule has 0 fully saturated rings. The van der Waals surface area contributed by atoms with Gasteiger partial charge in [0.25, 0.3) is 5.91 Å². The van der Waals surface area contributed by atoms with E-state index in [0.717, 1.165) is 10.8 Å². The van der Waals surface area contributed by atoms with Crippen LogP contribution in [0.1, 0.15) is 30.1 Å². The fourth-order valence-corrected chi connectivity index (χ4v) is 2.80. The maximum absolute atomic E-state index is 12.9. The second-order valence-electron chi connectivity index (χ2n) is 6.74. The van der Waals surface area contributed by atoms with E-state index in [1.165, 1.54) is 31.2 Å². The molecule has 0 spiro atoms. The van der Waals surface area contributed by atoms with Gasteiger partial charge in [0.15, 0.2) is 11.9 Å². The Balaban J connectivity index is 1.43. The van der Waals surface area contributed by atoms with Gasteiger partial charge in [-0.2, -0.15) is 0 Å². The van der Waals surface area contributed by atoms with E-state index in [1.807, 2.05) is 30.3 Å². The van der Waals surface area contributed by atoms with Crippen molar-refractivity contribution < 1.29 is 23.5 Å². The first-order valence-electron chi connectivity index (χ1n) is 9.45. The molecule has 6 nitrogen and oxygen atoms in total. The second-order valence-corrected chi connectivity index (χ2v) is 6.74. The van der Waals surface area contributed by atoms with Gasteiger partial charge in [-0.05, 0) is 48.0 Å². The molecule has 0 heterocycles. The molecule has 0 unspecified atom stereocenters. The average Bonchev–Trinajstić information content (AvgIpc) is 2.76. The monoisotopic (exact) mass is 408 g/mol. The van der Waals surface area contributed by atoms with E-state index >= 15 is 0 Å². The molecule has 3 aromatic carbocycles. The molecule has 0 aliphatic carbocycles. The molecular weight excluding hydrogens is 387 g/mol. The molecule has 0 aromatic heterocycles. The van der Waals surface area contributed by atoms with E-state index in [9.17, 15) is 18.8 Å². The van der Waals surface area contributed by atoms with Crippen LogP contribution in [-0.2, 0) is 9.59 Å². The molecule has 0 saturated heterocycles. The molecule has 0 saturated carbocycles. The average molecular weight is 408 g/mol. The van der Waals surface area contributed by atoms with Crippen molar-refractivity contribution in [1.29, 1.82) is 0 Å². The Morgan fingerprint density at radius 1 is 0.900 bits per heavy atom. The van der Waals surface area contributed by atoms with Crippen LogP contribution in [0.25, 0.3) is 10.8 Å². The largest absolute Gasteiger partial charge is 0.481 e. The lowest BCUT2D eigenvalue weighted by Crippen LogP contribution is -2.47. The number of Topliss-reactive ketones (excluding diaryl/α,β-unsaturated/α-hetero) is 1. The Hall–Kier alpha value is -3.74. The van der Waals surface area contributed by atoms with Crippen LogP contribution in [0.5, 0.6) is 5.75 Å². The number of hydrazine groups is 1. The summed E-state index contributed by atoms with van der Waals surface area (Å²) in [5.74, 6) is -1.31. The van der Waals surface area contributed by atoms with Gasteiger partial charge in [-0.1, -0.05) is 36.4 Å². The van der Waals surface area contributed by atoms with Crippen LogP contribution in [-0.4, -0.2) is 23.7 Å². The summed E-state index contributed by atoms with van der Waals surface area (Å²) in [5.41, 5.74) is 5.05. The zero-order chi connectivity index (χ0) is 21.5. The SMILES string of the molecule is C[C@@H](Oc1ccc(F)cc1)C(=O)NNC(=O)CCC(=O)c1ccc2ccccc2c1. The number of carbonyl (C=O) groups is 3. The minimum atomic E-state index is -0.907. The van der Waals surface area contributed by atoms with Crippen LogP contribution in [0, 0.1) is 5.82 Å². The first kappa shape index (κ1) is 21.0. The summed E-state index contributed by atoms with van der Waals surface area (Å²) in [5, 5.41) is 1.99. The highest BCUT2D eigenvalue weighted by Crippen LogP contribution is 2.17. The van der Waals surface area contributed by atoms with E-state index in [-0.39, 0.29) is 18.6 Å². The Morgan fingerprint density at radius 2 is 1.60 bits per heavy atom. The number of nitrogens with one attached hydrogen (secondary N) is 2. The Bertz CT molecular complexity index is 1070. The molecule has 0 radical (unpaired) electrons. The van der Waals surface area contributed by atoms with Gasteiger partial charge < -0.3 is 4.74 Å². The van der Waals surface area contributed by atoms with Crippen molar-refractivity contribution in [2.24, 2.45) is 0 Å². The van der Waals surface area contributed by atoms with Crippen LogP contribution >= 0.6 is 0 Å². The Kier molecular flexibility index (Phi) is 6.75. The molecule has 2 amide bonds. The highest BCUT2D eigenvalue weighted by Gasteiger charge is 2.16. The predicted octanol–water partition coefficient (Wildman–Crippen LogP) is 3.56. The smallest absolute Gasteiger partial charge is 0.279 e. The third-order valence-corrected chi connectivity index (χ3v) is 4.47. The Labute approximate surface area is 173 Å². The van der Waals surface area contributed by atoms with E-state index in [0.29, 0.717) is 11.3 Å². The zero-order valence-corrected chi connectivity index (χ0v) is 16.4. The van der Waals surface area contributed by atoms with Crippen molar-refractivity contribution in [2.75, 3.05) is 0 Å². The molecule has 2 N–H and O–H groups in total. The molecule has 0 aliphatic heterocycles. The number of fused-ring (bicyclic) bond motifs is 1. The van der Waals surface area contributed by atoms with Crippen LogP contribution < -0.4 is 15.6 Å². The summed E-state index contributed by atoms with van der Waals surface area (Å²) < 4.78 is 18.3. The fourth-order valence-electron chi connectivity index (χ4n) is 2.80. The summed E-state index contributed by atoms with van der Waals surface area (Å²) in [7, 11) is 0. The number of hydrogen-bond acceptors (Lipinski definition) is 4. The molecule has 7 heteroatoms. The van der Waals surface area contributed by atoms with Crippen molar-refractivity contribution in [3.05, 3.63) is 78.1 Å². The third-order valence-electron chi connectivity index (χ3n) is 4.47. The number of ether oxygens (including phenoxy) is 1. The van der Waals surface area contributed by atoms with E-state index in [4.69, 9.17) is 4.74 Å². The molecule has 3 aromatic rings. The molecule has 0 bridgehead atoms. The summed E-state index contributed by atoms with van der Waals surface area (Å²) in [6, 6.07) is 18.3. The van der Waals surface area contributed by atoms with Crippen LogP contribution in [0.3, 0.4) is 0 Å². The van der Waals surface area contributed by atoms with Gasteiger partial charge in [0.05, 0.1) is 0 Å². The highest BCUT2D eigenvalue weighted by atomic mass is 19.1. The van der Waals surface area contributed by atoms with Gasteiger partial charge in [-0.15, -0.1) is 0 Å². The van der Waals surface area contributed by atoms with Crippen LogP contribution in [0.4, 0.5) is 4.39 Å². The van der Waals surface area contributed by atoms with Crippen molar-refractivity contribution in [3.63, 3.8) is 0 Å². The molecule has 3 rings (SSSR count). The van der Waals surface area contributed by atoms with Gasteiger partial charge in [0.2, 0.25) is 5.91 Å². The molecular formula is C23H21FN2O4. The van der Waals surface area contributed by atoms with E-state index < -0.39 is 23.7 Å². The first-order valence-corrected chi connectivity index (χ1v) is 9.45. The van der Waals surface area contributed by atoms with Crippen molar-refractivity contribution >= 4 is 28.4 Å². The molecule has 1 atom stereocenters. The number of benzene rings is 3. The van der Waals surface area contributed by atoms with Crippen LogP contribution in [0.15, 0.2) is 66.7 Å². The lowest BCUT2D eigenvalue weighted by atomic mass is 10.0. The maximum atomic E-state index is 12.9. The number of rotatable bonds is 7. The summed E-state index contributed by atoms with van der Waals surface area (Å²) in [4.78, 5) is 36.3. The van der Waals surface area contributed by atoms with Gasteiger partial charge in [-0.3, -0.25) is 25.2 Å². The number of amides is 2. The lowest BCUT2D eigenvalue weighted by molar-refractivity contribution is -0.132. The molecule has 154 valence electrons. The summed E-state index contributed by atoms with van der Waals surface area (Å²) in [6.45, 7) is 1.49. The van der Waals surface area contributed by atoms with E-state index in [2.05, 4.69) is 10.9 Å². The summed E-state index contributed by atoms with van der Waals surface area (Å²) in [6.07, 6.45) is -0.962. The van der Waals surface area contributed by atoms with Crippen molar-refractivity contribution in [1.82, 2.24) is 10.9 Å². The zero-order valence-electron chi connectivity index (χ0n) is 16.4. The van der Waals surface area contributed by atoms with Gasteiger partial charge in [0, 0.05) is 18.4 Å². The van der Waals surface area contributed by atoms with Crippen molar-refractivity contribution in [2.45, 2.75) is 25.9 Å². The lowest BCUT2D eigenvalue weighted by Gasteiger charge is -2.15.